The standard InChI is InChI=1S/C10H18O/c1-8(2)10(11)9-6-4-3-5-7-9/h4,6,8-11H,3,5,7H2,1-2H3/t9-,10-/m0/s1. The molecule has 0 aromatic rings. The molecule has 1 aliphatic rings. The lowest BCUT2D eigenvalue weighted by atomic mass is 9.86. The minimum absolute atomic E-state index is 0.133. The van der Waals surface area contributed by atoms with Crippen molar-refractivity contribution in [1.29, 1.82) is 0 Å². The van der Waals surface area contributed by atoms with E-state index >= 15 is 0 Å². The van der Waals surface area contributed by atoms with Crippen molar-refractivity contribution in [2.24, 2.45) is 11.8 Å². The van der Waals surface area contributed by atoms with Gasteiger partial charge in [-0.1, -0.05) is 26.0 Å². The fourth-order valence-electron chi connectivity index (χ4n) is 1.62. The van der Waals surface area contributed by atoms with Gasteiger partial charge in [-0.25, -0.2) is 0 Å². The second-order valence-corrected chi connectivity index (χ2v) is 3.76. The van der Waals surface area contributed by atoms with Crippen molar-refractivity contribution in [3.8, 4) is 0 Å². The second kappa shape index (κ2) is 3.91. The van der Waals surface area contributed by atoms with E-state index in [4.69, 9.17) is 0 Å². The van der Waals surface area contributed by atoms with Crippen molar-refractivity contribution < 1.29 is 5.11 Å². The molecule has 0 bridgehead atoms. The van der Waals surface area contributed by atoms with Gasteiger partial charge in [0, 0.05) is 5.92 Å². The Kier molecular flexibility index (Phi) is 3.13. The molecule has 0 radical (unpaired) electrons. The minimum Gasteiger partial charge on any atom is -0.392 e. The first kappa shape index (κ1) is 8.79. The van der Waals surface area contributed by atoms with Gasteiger partial charge in [-0.2, -0.15) is 0 Å². The first-order valence-electron chi connectivity index (χ1n) is 4.56. The number of rotatable bonds is 2. The van der Waals surface area contributed by atoms with E-state index in [0.717, 1.165) is 6.42 Å². The van der Waals surface area contributed by atoms with Crippen LogP contribution in [-0.4, -0.2) is 11.2 Å². The average molecular weight is 154 g/mol. The first-order valence-corrected chi connectivity index (χ1v) is 4.56. The van der Waals surface area contributed by atoms with Crippen molar-refractivity contribution in [2.45, 2.75) is 39.2 Å². The number of hydrogen-bond acceptors (Lipinski definition) is 1. The van der Waals surface area contributed by atoms with Crippen LogP contribution in [0.15, 0.2) is 12.2 Å². The van der Waals surface area contributed by atoms with Gasteiger partial charge >= 0.3 is 0 Å². The molecule has 64 valence electrons. The highest BCUT2D eigenvalue weighted by Crippen LogP contribution is 2.23. The molecule has 0 saturated heterocycles. The summed E-state index contributed by atoms with van der Waals surface area (Å²) in [4.78, 5) is 0. The van der Waals surface area contributed by atoms with Crippen LogP contribution < -0.4 is 0 Å². The highest BCUT2D eigenvalue weighted by molar-refractivity contribution is 4.96. The van der Waals surface area contributed by atoms with Crippen molar-refractivity contribution >= 4 is 0 Å². The van der Waals surface area contributed by atoms with E-state index in [1.807, 2.05) is 0 Å². The Morgan fingerprint density at radius 1 is 1.45 bits per heavy atom. The van der Waals surface area contributed by atoms with Gasteiger partial charge in [-0.3, -0.25) is 0 Å². The summed E-state index contributed by atoms with van der Waals surface area (Å²) in [5, 5.41) is 9.70. The van der Waals surface area contributed by atoms with Crippen molar-refractivity contribution in [3.05, 3.63) is 12.2 Å². The molecule has 0 saturated carbocycles. The third-order valence-corrected chi connectivity index (χ3v) is 2.41. The molecular formula is C10H18O. The topological polar surface area (TPSA) is 20.2 Å². The van der Waals surface area contributed by atoms with Crippen molar-refractivity contribution in [2.75, 3.05) is 0 Å². The van der Waals surface area contributed by atoms with E-state index in [0.29, 0.717) is 11.8 Å². The molecule has 0 amide bonds. The van der Waals surface area contributed by atoms with Crippen LogP contribution in [0.25, 0.3) is 0 Å². The van der Waals surface area contributed by atoms with E-state index < -0.39 is 0 Å². The lowest BCUT2D eigenvalue weighted by molar-refractivity contribution is 0.0780. The predicted octanol–water partition coefficient (Wildman–Crippen LogP) is 2.36. The molecule has 11 heavy (non-hydrogen) atoms. The highest BCUT2D eigenvalue weighted by atomic mass is 16.3. The van der Waals surface area contributed by atoms with Gasteiger partial charge in [-0.05, 0) is 25.2 Å². The van der Waals surface area contributed by atoms with Gasteiger partial charge in [0.25, 0.3) is 0 Å². The Labute approximate surface area is 69.1 Å². The highest BCUT2D eigenvalue weighted by Gasteiger charge is 2.20. The smallest absolute Gasteiger partial charge is 0.0625 e. The quantitative estimate of drug-likeness (QED) is 0.605. The summed E-state index contributed by atoms with van der Waals surface area (Å²) in [5.74, 6) is 0.812. The summed E-state index contributed by atoms with van der Waals surface area (Å²) in [6, 6.07) is 0. The normalized spacial score (nSPS) is 27.5. The molecule has 1 aliphatic carbocycles. The molecule has 0 aromatic carbocycles. The Morgan fingerprint density at radius 2 is 2.18 bits per heavy atom. The van der Waals surface area contributed by atoms with Gasteiger partial charge in [0.05, 0.1) is 6.10 Å². The summed E-state index contributed by atoms with van der Waals surface area (Å²) in [7, 11) is 0. The molecule has 0 fully saturated rings. The van der Waals surface area contributed by atoms with Crippen LogP contribution in [0.3, 0.4) is 0 Å². The monoisotopic (exact) mass is 154 g/mol. The summed E-state index contributed by atoms with van der Waals surface area (Å²) in [5.41, 5.74) is 0. The fraction of sp³-hybridized carbons (Fsp3) is 0.800. The summed E-state index contributed by atoms with van der Waals surface area (Å²) in [6.07, 6.45) is 7.84. The molecule has 1 heteroatoms. The van der Waals surface area contributed by atoms with Gasteiger partial charge in [0.15, 0.2) is 0 Å². The number of hydrogen-bond donors (Lipinski definition) is 1. The van der Waals surface area contributed by atoms with Gasteiger partial charge in [0.1, 0.15) is 0 Å². The molecule has 0 unspecified atom stereocenters. The van der Waals surface area contributed by atoms with Crippen LogP contribution in [0.4, 0.5) is 0 Å². The maximum atomic E-state index is 9.70. The van der Waals surface area contributed by atoms with E-state index in [2.05, 4.69) is 26.0 Å². The average Bonchev–Trinajstić information content (AvgIpc) is 2.05. The minimum atomic E-state index is -0.133. The van der Waals surface area contributed by atoms with Gasteiger partial charge in [0.2, 0.25) is 0 Å². The Bertz CT molecular complexity index is 138. The summed E-state index contributed by atoms with van der Waals surface area (Å²) in [6.45, 7) is 4.15. The molecule has 1 nitrogen and oxygen atoms in total. The van der Waals surface area contributed by atoms with Crippen LogP contribution in [-0.2, 0) is 0 Å². The lowest BCUT2D eigenvalue weighted by Gasteiger charge is -2.24. The Hall–Kier alpha value is -0.300. The molecular weight excluding hydrogens is 136 g/mol. The predicted molar refractivity (Wildman–Crippen MR) is 47.3 cm³/mol. The second-order valence-electron chi connectivity index (χ2n) is 3.76. The third-order valence-electron chi connectivity index (χ3n) is 2.41. The molecule has 1 N–H and O–H groups in total. The van der Waals surface area contributed by atoms with Crippen LogP contribution in [0.5, 0.6) is 0 Å². The van der Waals surface area contributed by atoms with E-state index in [1.165, 1.54) is 12.8 Å². The van der Waals surface area contributed by atoms with Gasteiger partial charge in [-0.15, -0.1) is 0 Å². The zero-order valence-corrected chi connectivity index (χ0v) is 7.46. The molecule has 0 aliphatic heterocycles. The van der Waals surface area contributed by atoms with Crippen molar-refractivity contribution in [3.63, 3.8) is 0 Å². The number of allylic oxidation sites excluding steroid dienone is 1. The van der Waals surface area contributed by atoms with Crippen LogP contribution in [0.2, 0.25) is 0 Å². The first-order chi connectivity index (χ1) is 5.22. The third kappa shape index (κ3) is 2.33. The Balaban J connectivity index is 2.45. The zero-order chi connectivity index (χ0) is 8.27. The van der Waals surface area contributed by atoms with Crippen LogP contribution >= 0.6 is 0 Å². The molecule has 0 spiro atoms. The van der Waals surface area contributed by atoms with E-state index in [-0.39, 0.29) is 6.10 Å². The summed E-state index contributed by atoms with van der Waals surface area (Å²) >= 11 is 0. The SMILES string of the molecule is CC(C)[C@H](O)[C@H]1C=CCCC1. The summed E-state index contributed by atoms with van der Waals surface area (Å²) < 4.78 is 0. The Morgan fingerprint density at radius 3 is 2.64 bits per heavy atom. The van der Waals surface area contributed by atoms with Gasteiger partial charge < -0.3 is 5.11 Å². The number of aliphatic hydroxyl groups is 1. The maximum Gasteiger partial charge on any atom is 0.0625 e. The fourth-order valence-corrected chi connectivity index (χ4v) is 1.62. The molecule has 1 rings (SSSR count). The van der Waals surface area contributed by atoms with Crippen LogP contribution in [0.1, 0.15) is 33.1 Å². The van der Waals surface area contributed by atoms with E-state index in [1.54, 1.807) is 0 Å². The largest absolute Gasteiger partial charge is 0.392 e. The zero-order valence-electron chi connectivity index (χ0n) is 7.46. The number of aliphatic hydroxyl groups excluding tert-OH is 1. The molecule has 0 heterocycles. The lowest BCUT2D eigenvalue weighted by Crippen LogP contribution is -2.25. The van der Waals surface area contributed by atoms with Crippen molar-refractivity contribution in [1.82, 2.24) is 0 Å². The van der Waals surface area contributed by atoms with Crippen LogP contribution in [0, 0.1) is 11.8 Å². The molecule has 0 aromatic heterocycles. The van der Waals surface area contributed by atoms with E-state index in [9.17, 15) is 5.11 Å². The molecule has 2 atom stereocenters. The maximum absolute atomic E-state index is 9.70.